The van der Waals surface area contributed by atoms with E-state index in [1.54, 1.807) is 6.20 Å². The summed E-state index contributed by atoms with van der Waals surface area (Å²) in [5, 5.41) is 20.5. The molecule has 0 saturated heterocycles. The number of aromatic nitrogens is 3. The number of nitrogens with zero attached hydrogens (tertiary/aromatic N) is 2. The summed E-state index contributed by atoms with van der Waals surface area (Å²) in [5.74, 6) is -0.0476. The van der Waals surface area contributed by atoms with Gasteiger partial charge in [-0.05, 0) is 37.0 Å². The third kappa shape index (κ3) is 2.65. The summed E-state index contributed by atoms with van der Waals surface area (Å²) in [6.07, 6.45) is 2.77. The van der Waals surface area contributed by atoms with Gasteiger partial charge in [-0.2, -0.15) is 5.10 Å². The van der Waals surface area contributed by atoms with E-state index in [1.807, 2.05) is 42.5 Å². The minimum absolute atomic E-state index is 0.184. The van der Waals surface area contributed by atoms with Crippen molar-refractivity contribution in [1.29, 1.82) is 0 Å². The van der Waals surface area contributed by atoms with E-state index in [2.05, 4.69) is 20.5 Å². The topological polar surface area (TPSA) is 90.9 Å². The maximum absolute atomic E-state index is 12.7. The van der Waals surface area contributed by atoms with Crippen molar-refractivity contribution in [3.63, 3.8) is 0 Å². The number of carbonyl (C=O) groups excluding carboxylic acids is 1. The molecule has 1 aromatic carbocycles. The van der Waals surface area contributed by atoms with Gasteiger partial charge in [-0.15, -0.1) is 0 Å². The molecule has 1 saturated carbocycles. The van der Waals surface area contributed by atoms with Crippen LogP contribution in [0.15, 0.2) is 48.7 Å². The van der Waals surface area contributed by atoms with Crippen LogP contribution >= 0.6 is 0 Å². The number of hydrogen-bond acceptors (Lipinski definition) is 4. The van der Waals surface area contributed by atoms with Crippen molar-refractivity contribution in [3.8, 4) is 0 Å². The number of rotatable bonds is 4. The van der Waals surface area contributed by atoms with Crippen LogP contribution in [-0.4, -0.2) is 32.3 Å². The molecule has 6 nitrogen and oxygen atoms in total. The molecule has 122 valence electrons. The molecule has 3 aromatic rings. The van der Waals surface area contributed by atoms with Crippen molar-refractivity contribution in [2.75, 3.05) is 0 Å². The maximum Gasteiger partial charge on any atom is 0.272 e. The van der Waals surface area contributed by atoms with Crippen molar-refractivity contribution in [3.05, 3.63) is 60.0 Å². The average molecular weight is 322 g/mol. The lowest BCUT2D eigenvalue weighted by atomic mass is 9.76. The third-order valence-corrected chi connectivity index (χ3v) is 4.60. The number of aromatic amines is 1. The van der Waals surface area contributed by atoms with Crippen molar-refractivity contribution in [2.24, 2.45) is 5.92 Å². The molecule has 0 aliphatic heterocycles. The third-order valence-electron chi connectivity index (χ3n) is 4.60. The lowest BCUT2D eigenvalue weighted by molar-refractivity contribution is 0.0228. The lowest BCUT2D eigenvalue weighted by Gasteiger charge is -2.37. The molecule has 0 bridgehead atoms. The van der Waals surface area contributed by atoms with Crippen LogP contribution in [0.2, 0.25) is 0 Å². The highest BCUT2D eigenvalue weighted by Crippen LogP contribution is 2.37. The van der Waals surface area contributed by atoms with Gasteiger partial charge in [0.05, 0.1) is 23.4 Å². The van der Waals surface area contributed by atoms with E-state index in [9.17, 15) is 9.90 Å². The Morgan fingerprint density at radius 2 is 2.00 bits per heavy atom. The van der Waals surface area contributed by atoms with Crippen LogP contribution in [0, 0.1) is 5.92 Å². The van der Waals surface area contributed by atoms with Gasteiger partial charge < -0.3 is 10.4 Å². The fourth-order valence-corrected chi connectivity index (χ4v) is 3.24. The Bertz CT molecular complexity index is 856. The Labute approximate surface area is 138 Å². The number of benzene rings is 1. The first-order valence-electron chi connectivity index (χ1n) is 8.05. The lowest BCUT2D eigenvalue weighted by Crippen LogP contribution is -2.41. The fraction of sp³-hybridized carbons (Fsp3) is 0.278. The highest BCUT2D eigenvalue weighted by Gasteiger charge is 2.36. The molecule has 1 aliphatic rings. The zero-order valence-electron chi connectivity index (χ0n) is 13.0. The number of nitrogens with one attached hydrogen (secondary N) is 2. The normalized spacial score (nSPS) is 21.2. The standard InChI is InChI=1S/C18H18N4O2/c23-12-9-11(10-12)16(15-7-3-4-8-19-15)20-18(24)17-13-5-1-2-6-14(13)21-22-17/h1-8,11-12,16,23H,9-10H2,(H,20,24)(H,21,22)/t11?,12?,16-/m0/s1. The summed E-state index contributed by atoms with van der Waals surface area (Å²) in [5.41, 5.74) is 2.02. The molecule has 0 spiro atoms. The van der Waals surface area contributed by atoms with E-state index < -0.39 is 0 Å². The molecule has 1 aliphatic carbocycles. The van der Waals surface area contributed by atoms with Gasteiger partial charge in [0.1, 0.15) is 0 Å². The van der Waals surface area contributed by atoms with Gasteiger partial charge in [-0.25, -0.2) is 0 Å². The predicted molar refractivity (Wildman–Crippen MR) is 89.3 cm³/mol. The first-order valence-corrected chi connectivity index (χ1v) is 8.05. The first kappa shape index (κ1) is 14.8. The summed E-state index contributed by atoms with van der Waals surface area (Å²) >= 11 is 0. The van der Waals surface area contributed by atoms with Crippen LogP contribution in [-0.2, 0) is 0 Å². The number of pyridine rings is 1. The zero-order chi connectivity index (χ0) is 16.5. The van der Waals surface area contributed by atoms with E-state index in [1.165, 1.54) is 0 Å². The number of hydrogen-bond donors (Lipinski definition) is 3. The second-order valence-electron chi connectivity index (χ2n) is 6.21. The van der Waals surface area contributed by atoms with E-state index >= 15 is 0 Å². The van der Waals surface area contributed by atoms with Crippen LogP contribution in [0.1, 0.15) is 35.1 Å². The second-order valence-corrected chi connectivity index (χ2v) is 6.21. The molecule has 6 heteroatoms. The Kier molecular flexibility index (Phi) is 3.74. The number of carbonyl (C=O) groups is 1. The van der Waals surface area contributed by atoms with Crippen molar-refractivity contribution in [1.82, 2.24) is 20.5 Å². The van der Waals surface area contributed by atoms with Crippen molar-refractivity contribution in [2.45, 2.75) is 25.0 Å². The molecule has 24 heavy (non-hydrogen) atoms. The Balaban J connectivity index is 1.61. The van der Waals surface area contributed by atoms with Crippen molar-refractivity contribution < 1.29 is 9.90 Å². The molecule has 3 N–H and O–H groups in total. The monoisotopic (exact) mass is 322 g/mol. The van der Waals surface area contributed by atoms with Gasteiger partial charge in [-0.1, -0.05) is 24.3 Å². The number of H-pyrrole nitrogens is 1. The van der Waals surface area contributed by atoms with Crippen LogP contribution in [0.25, 0.3) is 10.9 Å². The molecule has 2 aromatic heterocycles. The molecular weight excluding hydrogens is 304 g/mol. The molecule has 1 fully saturated rings. The van der Waals surface area contributed by atoms with E-state index in [4.69, 9.17) is 0 Å². The minimum Gasteiger partial charge on any atom is -0.393 e. The highest BCUT2D eigenvalue weighted by molar-refractivity contribution is 6.04. The SMILES string of the molecule is O=C(N[C@H](c1ccccn1)C1CC(O)C1)c1n[nH]c2ccccc12. The average Bonchev–Trinajstić information content (AvgIpc) is 3.02. The summed E-state index contributed by atoms with van der Waals surface area (Å²) < 4.78 is 0. The van der Waals surface area contributed by atoms with Gasteiger partial charge >= 0.3 is 0 Å². The number of para-hydroxylation sites is 1. The number of aliphatic hydroxyl groups is 1. The van der Waals surface area contributed by atoms with Gasteiger partial charge in [0.2, 0.25) is 0 Å². The van der Waals surface area contributed by atoms with Gasteiger partial charge in [0.25, 0.3) is 5.91 Å². The van der Waals surface area contributed by atoms with Crippen LogP contribution < -0.4 is 5.32 Å². The molecule has 2 heterocycles. The van der Waals surface area contributed by atoms with Crippen LogP contribution in [0.4, 0.5) is 0 Å². The summed E-state index contributed by atoms with van der Waals surface area (Å²) in [6, 6.07) is 13.0. The number of aliphatic hydroxyl groups excluding tert-OH is 1. The fourth-order valence-electron chi connectivity index (χ4n) is 3.24. The molecule has 0 unspecified atom stereocenters. The smallest absolute Gasteiger partial charge is 0.272 e. The molecule has 0 radical (unpaired) electrons. The van der Waals surface area contributed by atoms with Gasteiger partial charge in [-0.3, -0.25) is 14.9 Å². The summed E-state index contributed by atoms with van der Waals surface area (Å²) in [6.45, 7) is 0. The van der Waals surface area contributed by atoms with Crippen LogP contribution in [0.3, 0.4) is 0 Å². The summed E-state index contributed by atoms with van der Waals surface area (Å²) in [4.78, 5) is 17.1. The quantitative estimate of drug-likeness (QED) is 0.687. The number of fused-ring (bicyclic) bond motifs is 1. The van der Waals surface area contributed by atoms with E-state index in [0.29, 0.717) is 18.5 Å². The molecule has 4 rings (SSSR count). The van der Waals surface area contributed by atoms with E-state index in [0.717, 1.165) is 16.6 Å². The molecule has 1 atom stereocenters. The second kappa shape index (κ2) is 6.05. The van der Waals surface area contributed by atoms with Crippen LogP contribution in [0.5, 0.6) is 0 Å². The molecule has 1 amide bonds. The predicted octanol–water partition coefficient (Wildman–Crippen LogP) is 2.20. The minimum atomic E-state index is -0.288. The van der Waals surface area contributed by atoms with Gasteiger partial charge in [0.15, 0.2) is 5.69 Å². The highest BCUT2D eigenvalue weighted by atomic mass is 16.3. The maximum atomic E-state index is 12.7. The Hall–Kier alpha value is -2.73. The van der Waals surface area contributed by atoms with E-state index in [-0.39, 0.29) is 24.0 Å². The summed E-state index contributed by atoms with van der Waals surface area (Å²) in [7, 11) is 0. The Morgan fingerprint density at radius 1 is 1.21 bits per heavy atom. The number of amides is 1. The first-order chi connectivity index (χ1) is 11.7. The zero-order valence-corrected chi connectivity index (χ0v) is 13.0. The Morgan fingerprint density at radius 3 is 2.75 bits per heavy atom. The molecular formula is C18H18N4O2. The van der Waals surface area contributed by atoms with Crippen molar-refractivity contribution >= 4 is 16.8 Å². The largest absolute Gasteiger partial charge is 0.393 e. The van der Waals surface area contributed by atoms with Gasteiger partial charge in [0, 0.05) is 11.6 Å².